The standard InChI is InChI=1S/C18H27N3O/c22-18(15-8-4-3-5-9-15)20-16-10-11-17(19-14-16)21-12-6-1-2-7-13-21/h10-11,14-15H,1-9,12-13H2,(H,20,22). The van der Waals surface area contributed by atoms with Gasteiger partial charge in [0.1, 0.15) is 5.82 Å². The van der Waals surface area contributed by atoms with Gasteiger partial charge in [-0.05, 0) is 37.8 Å². The van der Waals surface area contributed by atoms with Gasteiger partial charge in [-0.15, -0.1) is 0 Å². The molecule has 1 amide bonds. The number of rotatable bonds is 3. The van der Waals surface area contributed by atoms with Gasteiger partial charge >= 0.3 is 0 Å². The predicted octanol–water partition coefficient (Wildman–Crippen LogP) is 3.98. The summed E-state index contributed by atoms with van der Waals surface area (Å²) in [6.07, 6.45) is 12.7. The molecule has 4 nitrogen and oxygen atoms in total. The second-order valence-corrected chi connectivity index (χ2v) is 6.63. The highest BCUT2D eigenvalue weighted by molar-refractivity contribution is 5.92. The van der Waals surface area contributed by atoms with Crippen molar-refractivity contribution in [3.05, 3.63) is 18.3 Å². The summed E-state index contributed by atoms with van der Waals surface area (Å²) in [7, 11) is 0. The van der Waals surface area contributed by atoms with Crippen molar-refractivity contribution in [2.45, 2.75) is 57.8 Å². The first-order chi connectivity index (χ1) is 10.8. The van der Waals surface area contributed by atoms with Crippen molar-refractivity contribution in [1.82, 2.24) is 4.98 Å². The maximum atomic E-state index is 12.3. The third kappa shape index (κ3) is 3.99. The Bertz CT molecular complexity index is 472. The zero-order valence-electron chi connectivity index (χ0n) is 13.4. The molecule has 0 radical (unpaired) electrons. The molecule has 2 heterocycles. The Balaban J connectivity index is 1.57. The Morgan fingerprint density at radius 2 is 1.68 bits per heavy atom. The van der Waals surface area contributed by atoms with Gasteiger partial charge in [0.2, 0.25) is 5.91 Å². The number of pyridine rings is 1. The molecule has 0 atom stereocenters. The number of hydrogen-bond donors (Lipinski definition) is 1. The Morgan fingerprint density at radius 1 is 1.00 bits per heavy atom. The zero-order chi connectivity index (χ0) is 15.2. The molecule has 0 unspecified atom stereocenters. The van der Waals surface area contributed by atoms with Gasteiger partial charge in [0.25, 0.3) is 0 Å². The van der Waals surface area contributed by atoms with Gasteiger partial charge in [0, 0.05) is 19.0 Å². The highest BCUT2D eigenvalue weighted by atomic mass is 16.1. The first-order valence-corrected chi connectivity index (χ1v) is 8.85. The third-order valence-electron chi connectivity index (χ3n) is 4.92. The van der Waals surface area contributed by atoms with E-state index in [1.165, 1.54) is 44.9 Å². The van der Waals surface area contributed by atoms with Gasteiger partial charge in [0.15, 0.2) is 0 Å². The minimum absolute atomic E-state index is 0.170. The molecule has 1 saturated heterocycles. The van der Waals surface area contributed by atoms with Crippen LogP contribution < -0.4 is 10.2 Å². The summed E-state index contributed by atoms with van der Waals surface area (Å²) in [6, 6.07) is 4.04. The molecule has 1 aromatic heterocycles. The molecule has 1 N–H and O–H groups in total. The lowest BCUT2D eigenvalue weighted by Gasteiger charge is -2.22. The van der Waals surface area contributed by atoms with Crippen LogP contribution >= 0.6 is 0 Å². The average molecular weight is 301 g/mol. The minimum atomic E-state index is 0.170. The number of carbonyl (C=O) groups excluding carboxylic acids is 1. The van der Waals surface area contributed by atoms with Crippen LogP contribution in [0, 0.1) is 5.92 Å². The lowest BCUT2D eigenvalue weighted by molar-refractivity contribution is -0.120. The molecule has 1 saturated carbocycles. The van der Waals surface area contributed by atoms with E-state index in [1.54, 1.807) is 6.20 Å². The molecule has 1 aliphatic heterocycles. The number of nitrogens with zero attached hydrogens (tertiary/aromatic N) is 2. The highest BCUT2D eigenvalue weighted by Crippen LogP contribution is 2.25. The van der Waals surface area contributed by atoms with Gasteiger partial charge in [-0.2, -0.15) is 0 Å². The average Bonchev–Trinajstić information content (AvgIpc) is 2.86. The first-order valence-electron chi connectivity index (χ1n) is 8.85. The lowest BCUT2D eigenvalue weighted by Crippen LogP contribution is -2.26. The van der Waals surface area contributed by atoms with E-state index in [4.69, 9.17) is 0 Å². The van der Waals surface area contributed by atoms with E-state index < -0.39 is 0 Å². The van der Waals surface area contributed by atoms with Crippen LogP contribution in [0.15, 0.2) is 18.3 Å². The van der Waals surface area contributed by atoms with Gasteiger partial charge in [0.05, 0.1) is 11.9 Å². The van der Waals surface area contributed by atoms with Crippen LogP contribution in [0.5, 0.6) is 0 Å². The second kappa shape index (κ2) is 7.61. The van der Waals surface area contributed by atoms with E-state index in [2.05, 4.69) is 15.2 Å². The normalized spacial score (nSPS) is 20.5. The van der Waals surface area contributed by atoms with E-state index in [0.29, 0.717) is 0 Å². The van der Waals surface area contributed by atoms with Gasteiger partial charge < -0.3 is 10.2 Å². The van der Waals surface area contributed by atoms with Gasteiger partial charge in [-0.25, -0.2) is 4.98 Å². The van der Waals surface area contributed by atoms with Gasteiger partial charge in [-0.1, -0.05) is 32.1 Å². The maximum Gasteiger partial charge on any atom is 0.227 e. The summed E-state index contributed by atoms with van der Waals surface area (Å²) < 4.78 is 0. The zero-order valence-corrected chi connectivity index (χ0v) is 13.4. The van der Waals surface area contributed by atoms with Gasteiger partial charge in [-0.3, -0.25) is 4.79 Å². The second-order valence-electron chi connectivity index (χ2n) is 6.63. The van der Waals surface area contributed by atoms with E-state index in [0.717, 1.165) is 37.4 Å². The SMILES string of the molecule is O=C(Nc1ccc(N2CCCCCC2)nc1)C1CCCCC1. The van der Waals surface area contributed by atoms with Crippen LogP contribution in [0.4, 0.5) is 11.5 Å². The molecule has 0 aromatic carbocycles. The van der Waals surface area contributed by atoms with E-state index in [1.807, 2.05) is 12.1 Å². The molecule has 1 aromatic rings. The predicted molar refractivity (Wildman–Crippen MR) is 90.1 cm³/mol. The third-order valence-corrected chi connectivity index (χ3v) is 4.92. The fraction of sp³-hybridized carbons (Fsp3) is 0.667. The number of hydrogen-bond acceptors (Lipinski definition) is 3. The van der Waals surface area contributed by atoms with Crippen LogP contribution in [0.25, 0.3) is 0 Å². The Morgan fingerprint density at radius 3 is 2.32 bits per heavy atom. The topological polar surface area (TPSA) is 45.2 Å². The summed E-state index contributed by atoms with van der Waals surface area (Å²) in [5.74, 6) is 1.40. The quantitative estimate of drug-likeness (QED) is 0.918. The fourth-order valence-corrected chi connectivity index (χ4v) is 3.56. The van der Waals surface area contributed by atoms with Crippen molar-refractivity contribution in [2.75, 3.05) is 23.3 Å². The van der Waals surface area contributed by atoms with Crippen molar-refractivity contribution in [3.63, 3.8) is 0 Å². The lowest BCUT2D eigenvalue weighted by atomic mass is 9.88. The summed E-state index contributed by atoms with van der Waals surface area (Å²) in [5, 5.41) is 3.03. The fourth-order valence-electron chi connectivity index (χ4n) is 3.56. The number of amides is 1. The van der Waals surface area contributed by atoms with Crippen molar-refractivity contribution in [2.24, 2.45) is 5.92 Å². The van der Waals surface area contributed by atoms with Crippen molar-refractivity contribution < 1.29 is 4.79 Å². The summed E-state index contributed by atoms with van der Waals surface area (Å²) in [4.78, 5) is 19.2. The van der Waals surface area contributed by atoms with Crippen LogP contribution in [0.1, 0.15) is 57.8 Å². The summed E-state index contributed by atoms with van der Waals surface area (Å²) in [6.45, 7) is 2.20. The smallest absolute Gasteiger partial charge is 0.227 e. The van der Waals surface area contributed by atoms with Crippen LogP contribution in [0.3, 0.4) is 0 Å². The molecule has 120 valence electrons. The molecule has 2 aliphatic rings. The molecule has 0 bridgehead atoms. The van der Waals surface area contributed by atoms with E-state index >= 15 is 0 Å². The van der Waals surface area contributed by atoms with Crippen molar-refractivity contribution >= 4 is 17.4 Å². The minimum Gasteiger partial charge on any atom is -0.357 e. The van der Waals surface area contributed by atoms with Crippen molar-refractivity contribution in [3.8, 4) is 0 Å². The van der Waals surface area contributed by atoms with Crippen LogP contribution in [0.2, 0.25) is 0 Å². The number of carbonyl (C=O) groups is 1. The monoisotopic (exact) mass is 301 g/mol. The van der Waals surface area contributed by atoms with Crippen LogP contribution in [-0.4, -0.2) is 24.0 Å². The van der Waals surface area contributed by atoms with E-state index in [9.17, 15) is 4.79 Å². The maximum absolute atomic E-state index is 12.3. The Labute approximate surface area is 133 Å². The molecule has 22 heavy (non-hydrogen) atoms. The molecule has 3 rings (SSSR count). The highest BCUT2D eigenvalue weighted by Gasteiger charge is 2.21. The molecule has 1 aliphatic carbocycles. The first kappa shape index (κ1) is 15.3. The molecule has 0 spiro atoms. The molecule has 2 fully saturated rings. The molecule has 4 heteroatoms. The van der Waals surface area contributed by atoms with Crippen LogP contribution in [-0.2, 0) is 4.79 Å². The molecular formula is C18H27N3O. The largest absolute Gasteiger partial charge is 0.357 e. The Kier molecular flexibility index (Phi) is 5.30. The summed E-state index contributed by atoms with van der Waals surface area (Å²) >= 11 is 0. The number of aromatic nitrogens is 1. The van der Waals surface area contributed by atoms with Crippen molar-refractivity contribution in [1.29, 1.82) is 0 Å². The number of anilines is 2. The number of nitrogens with one attached hydrogen (secondary N) is 1. The summed E-state index contributed by atoms with van der Waals surface area (Å²) in [5.41, 5.74) is 0.828. The van der Waals surface area contributed by atoms with E-state index in [-0.39, 0.29) is 11.8 Å². The Hall–Kier alpha value is -1.58. The molecular weight excluding hydrogens is 274 g/mol.